The van der Waals surface area contributed by atoms with Gasteiger partial charge in [0.2, 0.25) is 0 Å². The van der Waals surface area contributed by atoms with Gasteiger partial charge in [0.25, 0.3) is 0 Å². The van der Waals surface area contributed by atoms with Crippen LogP contribution >= 0.6 is 27.5 Å². The number of hydrogen-bond acceptors (Lipinski definition) is 2. The van der Waals surface area contributed by atoms with Crippen molar-refractivity contribution in [2.75, 3.05) is 13.2 Å². The van der Waals surface area contributed by atoms with Crippen molar-refractivity contribution in [3.8, 4) is 5.75 Å². The zero-order chi connectivity index (χ0) is 17.2. The first-order valence-corrected chi connectivity index (χ1v) is 9.78. The largest absolute Gasteiger partial charge is 0.494 e. The molecule has 0 saturated heterocycles. The first-order valence-electron chi connectivity index (χ1n) is 8.61. The predicted molar refractivity (Wildman–Crippen MR) is 107 cm³/mol. The first kappa shape index (κ1) is 17.0. The van der Waals surface area contributed by atoms with E-state index in [0.717, 1.165) is 47.7 Å². The summed E-state index contributed by atoms with van der Waals surface area (Å²) in [5.41, 5.74) is 4.24. The quantitative estimate of drug-likeness (QED) is 0.577. The summed E-state index contributed by atoms with van der Waals surface area (Å²) in [6.07, 6.45) is 2.06. The van der Waals surface area contributed by atoms with Crippen LogP contribution < -0.4 is 10.1 Å². The normalized spacial score (nSPS) is 13.8. The maximum atomic E-state index is 5.91. The smallest absolute Gasteiger partial charge is 0.119 e. The molecule has 0 bridgehead atoms. The van der Waals surface area contributed by atoms with Crippen molar-refractivity contribution in [3.05, 3.63) is 63.2 Å². The molecule has 130 valence electrons. The highest BCUT2D eigenvalue weighted by Crippen LogP contribution is 2.31. The highest BCUT2D eigenvalue weighted by Gasteiger charge is 2.19. The van der Waals surface area contributed by atoms with E-state index >= 15 is 0 Å². The number of rotatable bonds is 5. The Morgan fingerprint density at radius 1 is 1.16 bits per heavy atom. The summed E-state index contributed by atoms with van der Waals surface area (Å²) < 4.78 is 9.44. The molecule has 0 saturated carbocycles. The van der Waals surface area contributed by atoms with Gasteiger partial charge in [0.15, 0.2) is 0 Å². The Morgan fingerprint density at radius 3 is 2.84 bits per heavy atom. The van der Waals surface area contributed by atoms with Crippen LogP contribution in [-0.4, -0.2) is 17.7 Å². The van der Waals surface area contributed by atoms with Crippen molar-refractivity contribution in [2.24, 2.45) is 0 Å². The minimum atomic E-state index is 0.694. The predicted octanol–water partition coefficient (Wildman–Crippen LogP) is 5.17. The summed E-state index contributed by atoms with van der Waals surface area (Å²) in [7, 11) is 0. The molecule has 4 rings (SSSR count). The van der Waals surface area contributed by atoms with Crippen LogP contribution in [-0.2, 0) is 19.5 Å². The Labute approximate surface area is 161 Å². The minimum Gasteiger partial charge on any atom is -0.494 e. The molecule has 2 heterocycles. The Hall–Kier alpha value is -1.49. The third kappa shape index (κ3) is 3.57. The lowest BCUT2D eigenvalue weighted by atomic mass is 10.1. The van der Waals surface area contributed by atoms with Gasteiger partial charge in [-0.15, -0.1) is 0 Å². The molecule has 5 heteroatoms. The lowest BCUT2D eigenvalue weighted by Crippen LogP contribution is -2.25. The third-order valence-corrected chi connectivity index (χ3v) is 5.45. The van der Waals surface area contributed by atoms with Gasteiger partial charge < -0.3 is 14.6 Å². The van der Waals surface area contributed by atoms with E-state index in [1.54, 1.807) is 0 Å². The summed E-state index contributed by atoms with van der Waals surface area (Å²) in [6, 6.07) is 14.1. The minimum absolute atomic E-state index is 0.694. The number of nitrogens with one attached hydrogen (secondary N) is 1. The molecule has 0 amide bonds. The summed E-state index contributed by atoms with van der Waals surface area (Å²) >= 11 is 9.52. The average Bonchev–Trinajstić information content (AvgIpc) is 2.94. The molecule has 0 unspecified atom stereocenters. The summed E-state index contributed by atoms with van der Waals surface area (Å²) in [6.45, 7) is 3.65. The van der Waals surface area contributed by atoms with Gasteiger partial charge in [0.1, 0.15) is 5.75 Å². The maximum absolute atomic E-state index is 5.91. The van der Waals surface area contributed by atoms with E-state index in [0.29, 0.717) is 6.61 Å². The van der Waals surface area contributed by atoms with E-state index in [2.05, 4.69) is 44.0 Å². The second-order valence-electron chi connectivity index (χ2n) is 6.32. The topological polar surface area (TPSA) is 26.2 Å². The van der Waals surface area contributed by atoms with Crippen molar-refractivity contribution in [3.63, 3.8) is 0 Å². The van der Waals surface area contributed by atoms with Crippen molar-refractivity contribution >= 4 is 38.4 Å². The van der Waals surface area contributed by atoms with Crippen LogP contribution in [0.2, 0.25) is 5.02 Å². The number of fused-ring (bicyclic) bond motifs is 3. The van der Waals surface area contributed by atoms with Crippen molar-refractivity contribution in [1.82, 2.24) is 9.88 Å². The van der Waals surface area contributed by atoms with Crippen molar-refractivity contribution < 1.29 is 4.74 Å². The number of aryl methyl sites for hydroxylation is 1. The zero-order valence-electron chi connectivity index (χ0n) is 13.9. The van der Waals surface area contributed by atoms with Gasteiger partial charge in [0, 0.05) is 39.2 Å². The molecule has 0 radical (unpaired) electrons. The fourth-order valence-corrected chi connectivity index (χ4v) is 4.04. The Bertz CT molecular complexity index is 889. The molecule has 1 N–H and O–H groups in total. The Balaban J connectivity index is 1.50. The van der Waals surface area contributed by atoms with E-state index in [1.165, 1.54) is 22.2 Å². The number of ether oxygens (including phenoxy) is 1. The van der Waals surface area contributed by atoms with Gasteiger partial charge in [-0.05, 0) is 67.4 Å². The number of aromatic nitrogens is 1. The van der Waals surface area contributed by atoms with E-state index < -0.39 is 0 Å². The average molecular weight is 420 g/mol. The monoisotopic (exact) mass is 418 g/mol. The fourth-order valence-electron chi connectivity index (χ4n) is 3.55. The molecular formula is C20H20BrClN2O. The van der Waals surface area contributed by atoms with Crippen LogP contribution in [0.5, 0.6) is 5.75 Å². The van der Waals surface area contributed by atoms with Gasteiger partial charge in [-0.1, -0.05) is 27.5 Å². The summed E-state index contributed by atoms with van der Waals surface area (Å²) in [5.74, 6) is 0.870. The molecule has 0 aliphatic carbocycles. The molecule has 25 heavy (non-hydrogen) atoms. The maximum Gasteiger partial charge on any atom is 0.119 e. The number of benzene rings is 2. The van der Waals surface area contributed by atoms with Crippen molar-refractivity contribution in [1.29, 1.82) is 0 Å². The van der Waals surface area contributed by atoms with Crippen LogP contribution in [0.15, 0.2) is 46.9 Å². The van der Waals surface area contributed by atoms with E-state index in [-0.39, 0.29) is 0 Å². The highest BCUT2D eigenvalue weighted by molar-refractivity contribution is 9.10. The lowest BCUT2D eigenvalue weighted by molar-refractivity contribution is 0.301. The van der Waals surface area contributed by atoms with Gasteiger partial charge in [-0.25, -0.2) is 0 Å². The number of nitrogens with zero attached hydrogens (tertiary/aromatic N) is 1. The van der Waals surface area contributed by atoms with Crippen LogP contribution in [0.25, 0.3) is 10.9 Å². The van der Waals surface area contributed by atoms with Crippen LogP contribution in [0.1, 0.15) is 17.7 Å². The molecular weight excluding hydrogens is 400 g/mol. The van der Waals surface area contributed by atoms with E-state index in [1.807, 2.05) is 24.3 Å². The standard InChI is InChI=1S/C20H20BrClN2O/c21-14-2-7-19-18(12-14)17-8-9-23-13-20(17)24(19)10-1-11-25-16-5-3-15(22)4-6-16/h2-7,12,23H,1,8-11,13H2. The van der Waals surface area contributed by atoms with Crippen LogP contribution in [0.3, 0.4) is 0 Å². The molecule has 0 fully saturated rings. The van der Waals surface area contributed by atoms with E-state index in [9.17, 15) is 0 Å². The second-order valence-corrected chi connectivity index (χ2v) is 7.67. The summed E-state index contributed by atoms with van der Waals surface area (Å²) in [5, 5.41) is 5.61. The summed E-state index contributed by atoms with van der Waals surface area (Å²) in [4.78, 5) is 0. The molecule has 1 aromatic heterocycles. The Kier molecular flexibility index (Phi) is 5.02. The Morgan fingerprint density at radius 2 is 2.00 bits per heavy atom. The first-order chi connectivity index (χ1) is 12.2. The number of hydrogen-bond donors (Lipinski definition) is 1. The third-order valence-electron chi connectivity index (χ3n) is 4.70. The van der Waals surface area contributed by atoms with Gasteiger partial charge >= 0.3 is 0 Å². The molecule has 1 aliphatic rings. The SMILES string of the molecule is Clc1ccc(OCCCn2c3c(c4cc(Br)ccc42)CCNC3)cc1. The molecule has 2 aromatic carbocycles. The van der Waals surface area contributed by atoms with Crippen LogP contribution in [0.4, 0.5) is 0 Å². The van der Waals surface area contributed by atoms with Crippen molar-refractivity contribution in [2.45, 2.75) is 25.9 Å². The fraction of sp³-hybridized carbons (Fsp3) is 0.300. The molecule has 0 spiro atoms. The van der Waals surface area contributed by atoms with Crippen LogP contribution in [0, 0.1) is 0 Å². The number of halogens is 2. The molecule has 0 atom stereocenters. The molecule has 3 aromatic rings. The van der Waals surface area contributed by atoms with E-state index in [4.69, 9.17) is 16.3 Å². The second kappa shape index (κ2) is 7.40. The lowest BCUT2D eigenvalue weighted by Gasteiger charge is -2.17. The zero-order valence-corrected chi connectivity index (χ0v) is 16.2. The van der Waals surface area contributed by atoms with Gasteiger partial charge in [-0.3, -0.25) is 0 Å². The van der Waals surface area contributed by atoms with Gasteiger partial charge in [0.05, 0.1) is 6.61 Å². The molecule has 1 aliphatic heterocycles. The van der Waals surface area contributed by atoms with Gasteiger partial charge in [-0.2, -0.15) is 0 Å². The highest BCUT2D eigenvalue weighted by atomic mass is 79.9. The molecule has 3 nitrogen and oxygen atoms in total.